The number of carbonyl (C=O) groups is 2. The van der Waals surface area contributed by atoms with Crippen molar-refractivity contribution < 1.29 is 19.1 Å². The normalized spacial score (nSPS) is 15.2. The van der Waals surface area contributed by atoms with E-state index in [9.17, 15) is 14.0 Å². The fourth-order valence-electron chi connectivity index (χ4n) is 1.89. The first-order valence-electron chi connectivity index (χ1n) is 6.65. The van der Waals surface area contributed by atoms with E-state index in [-0.39, 0.29) is 5.92 Å². The molecule has 0 saturated heterocycles. The van der Waals surface area contributed by atoms with E-state index < -0.39 is 29.7 Å². The van der Waals surface area contributed by atoms with Gasteiger partial charge in [0.25, 0.3) is 0 Å². The quantitative estimate of drug-likeness (QED) is 0.842. The Morgan fingerprint density at radius 2 is 2.00 bits per heavy atom. The van der Waals surface area contributed by atoms with E-state index in [1.54, 1.807) is 19.9 Å². The lowest BCUT2D eigenvalue weighted by Crippen LogP contribution is -2.46. The van der Waals surface area contributed by atoms with Gasteiger partial charge in [-0.1, -0.05) is 32.4 Å². The molecule has 1 rings (SSSR count). The molecule has 1 amide bonds. The van der Waals surface area contributed by atoms with Crippen molar-refractivity contribution in [3.05, 3.63) is 35.6 Å². The number of benzene rings is 1. The predicted octanol–water partition coefficient (Wildman–Crippen LogP) is 2.54. The maximum absolute atomic E-state index is 13.1. The third kappa shape index (κ3) is 4.05. The number of carboxylic acids is 1. The van der Waals surface area contributed by atoms with Gasteiger partial charge in [-0.05, 0) is 30.5 Å². The Morgan fingerprint density at radius 3 is 2.50 bits per heavy atom. The zero-order valence-electron chi connectivity index (χ0n) is 11.9. The Morgan fingerprint density at radius 1 is 1.35 bits per heavy atom. The number of halogens is 1. The summed E-state index contributed by atoms with van der Waals surface area (Å²) in [6.45, 7) is 5.26. The summed E-state index contributed by atoms with van der Waals surface area (Å²) >= 11 is 0. The molecule has 0 bridgehead atoms. The van der Waals surface area contributed by atoms with Crippen LogP contribution in [0.4, 0.5) is 4.39 Å². The summed E-state index contributed by atoms with van der Waals surface area (Å²) in [7, 11) is 0. The first-order valence-corrected chi connectivity index (χ1v) is 6.65. The summed E-state index contributed by atoms with van der Waals surface area (Å²) in [5.74, 6) is -2.66. The van der Waals surface area contributed by atoms with Gasteiger partial charge in [0.1, 0.15) is 11.9 Å². The van der Waals surface area contributed by atoms with Crippen LogP contribution in [0.2, 0.25) is 0 Å². The van der Waals surface area contributed by atoms with Gasteiger partial charge >= 0.3 is 5.97 Å². The third-order valence-electron chi connectivity index (χ3n) is 3.52. The molecule has 0 aliphatic carbocycles. The van der Waals surface area contributed by atoms with Crippen molar-refractivity contribution in [3.8, 4) is 0 Å². The van der Waals surface area contributed by atoms with Gasteiger partial charge in [-0.3, -0.25) is 4.79 Å². The number of amides is 1. The largest absolute Gasteiger partial charge is 0.480 e. The van der Waals surface area contributed by atoms with Crippen LogP contribution in [0.5, 0.6) is 0 Å². The molecule has 0 heterocycles. The Bertz CT molecular complexity index is 490. The topological polar surface area (TPSA) is 66.4 Å². The fourth-order valence-corrected chi connectivity index (χ4v) is 1.89. The average molecular weight is 281 g/mol. The monoisotopic (exact) mass is 281 g/mol. The second kappa shape index (κ2) is 7.03. The van der Waals surface area contributed by atoms with Gasteiger partial charge in [-0.15, -0.1) is 0 Å². The van der Waals surface area contributed by atoms with E-state index in [4.69, 9.17) is 5.11 Å². The number of rotatable bonds is 6. The van der Waals surface area contributed by atoms with Crippen molar-refractivity contribution in [1.82, 2.24) is 5.32 Å². The summed E-state index contributed by atoms with van der Waals surface area (Å²) < 4.78 is 13.1. The maximum atomic E-state index is 13.1. The molecule has 0 aromatic heterocycles. The summed E-state index contributed by atoms with van der Waals surface area (Å²) in [5.41, 5.74) is 0.524. The van der Waals surface area contributed by atoms with E-state index >= 15 is 0 Å². The molecule has 5 heteroatoms. The first kappa shape index (κ1) is 16.1. The fraction of sp³-hybridized carbons (Fsp3) is 0.467. The molecule has 3 atom stereocenters. The van der Waals surface area contributed by atoms with E-state index in [1.807, 2.05) is 6.92 Å². The van der Waals surface area contributed by atoms with E-state index in [0.29, 0.717) is 12.0 Å². The second-order valence-electron chi connectivity index (χ2n) is 4.99. The summed E-state index contributed by atoms with van der Waals surface area (Å²) in [5, 5.41) is 11.7. The minimum atomic E-state index is -1.06. The number of nitrogens with one attached hydrogen (secondary N) is 1. The molecule has 0 aliphatic rings. The van der Waals surface area contributed by atoms with E-state index in [0.717, 1.165) is 0 Å². The van der Waals surface area contributed by atoms with Gasteiger partial charge in [0.05, 0.1) is 5.92 Å². The molecule has 110 valence electrons. The van der Waals surface area contributed by atoms with Crippen LogP contribution in [0.25, 0.3) is 0 Å². The maximum Gasteiger partial charge on any atom is 0.326 e. The minimum Gasteiger partial charge on any atom is -0.480 e. The number of hydrogen-bond acceptors (Lipinski definition) is 2. The molecule has 4 nitrogen and oxygen atoms in total. The van der Waals surface area contributed by atoms with Crippen LogP contribution in [-0.2, 0) is 9.59 Å². The van der Waals surface area contributed by atoms with Crippen molar-refractivity contribution in [3.63, 3.8) is 0 Å². The highest BCUT2D eigenvalue weighted by Gasteiger charge is 2.27. The Hall–Kier alpha value is -1.91. The molecule has 0 aliphatic heterocycles. The Labute approximate surface area is 118 Å². The third-order valence-corrected chi connectivity index (χ3v) is 3.52. The van der Waals surface area contributed by atoms with Crippen LogP contribution >= 0.6 is 0 Å². The van der Waals surface area contributed by atoms with Gasteiger partial charge < -0.3 is 10.4 Å². The Kier molecular flexibility index (Phi) is 5.67. The van der Waals surface area contributed by atoms with Gasteiger partial charge in [0.15, 0.2) is 0 Å². The molecule has 1 aromatic carbocycles. The zero-order chi connectivity index (χ0) is 15.3. The van der Waals surface area contributed by atoms with Gasteiger partial charge in [0.2, 0.25) is 5.91 Å². The number of carboxylic acid groups (broad SMARTS) is 1. The van der Waals surface area contributed by atoms with Crippen LogP contribution in [0.15, 0.2) is 24.3 Å². The molecule has 0 spiro atoms. The van der Waals surface area contributed by atoms with Crippen LogP contribution in [0.3, 0.4) is 0 Å². The van der Waals surface area contributed by atoms with Gasteiger partial charge in [0, 0.05) is 0 Å². The van der Waals surface area contributed by atoms with Crippen molar-refractivity contribution in [1.29, 1.82) is 0 Å². The highest BCUT2D eigenvalue weighted by atomic mass is 19.1. The lowest BCUT2D eigenvalue weighted by molar-refractivity contribution is -0.143. The second-order valence-corrected chi connectivity index (χ2v) is 4.99. The molecule has 0 fully saturated rings. The molecule has 2 N–H and O–H groups in total. The van der Waals surface area contributed by atoms with Crippen molar-refractivity contribution in [2.75, 3.05) is 0 Å². The summed E-state index contributed by atoms with van der Waals surface area (Å²) in [6, 6.07) is 4.82. The molecule has 1 aromatic rings. The smallest absolute Gasteiger partial charge is 0.326 e. The van der Waals surface area contributed by atoms with Crippen LogP contribution in [-0.4, -0.2) is 23.0 Å². The van der Waals surface area contributed by atoms with Crippen molar-refractivity contribution in [2.24, 2.45) is 5.92 Å². The molecule has 0 radical (unpaired) electrons. The number of aliphatic carboxylic acids is 1. The van der Waals surface area contributed by atoms with Crippen LogP contribution in [0.1, 0.15) is 38.7 Å². The highest BCUT2D eigenvalue weighted by Crippen LogP contribution is 2.17. The van der Waals surface area contributed by atoms with Crippen molar-refractivity contribution >= 4 is 11.9 Å². The number of hydrogen-bond donors (Lipinski definition) is 2. The molecule has 0 saturated carbocycles. The molecule has 20 heavy (non-hydrogen) atoms. The highest BCUT2D eigenvalue weighted by molar-refractivity contribution is 5.87. The average Bonchev–Trinajstić information content (AvgIpc) is 2.42. The van der Waals surface area contributed by atoms with Gasteiger partial charge in [-0.25, -0.2) is 9.18 Å². The lowest BCUT2D eigenvalue weighted by Gasteiger charge is -2.22. The molecular formula is C15H20FNO3. The van der Waals surface area contributed by atoms with Gasteiger partial charge in [-0.2, -0.15) is 0 Å². The van der Waals surface area contributed by atoms with Crippen molar-refractivity contribution in [2.45, 2.75) is 39.2 Å². The minimum absolute atomic E-state index is 0.170. The van der Waals surface area contributed by atoms with E-state index in [1.165, 1.54) is 18.2 Å². The Balaban J connectivity index is 2.81. The zero-order valence-corrected chi connectivity index (χ0v) is 11.9. The first-order chi connectivity index (χ1) is 9.36. The number of carbonyl (C=O) groups excluding carboxylic acids is 1. The molecule has 3 unspecified atom stereocenters. The van der Waals surface area contributed by atoms with Crippen LogP contribution in [0, 0.1) is 11.7 Å². The standard InChI is InChI=1S/C15H20FNO3/c1-4-9(2)13(15(19)20)17-14(18)10(3)11-6-5-7-12(16)8-11/h5-10,13H,4H2,1-3H3,(H,17,18)(H,19,20). The summed E-state index contributed by atoms with van der Waals surface area (Å²) in [4.78, 5) is 23.3. The molecular weight excluding hydrogens is 261 g/mol. The van der Waals surface area contributed by atoms with Crippen LogP contribution < -0.4 is 5.32 Å². The predicted molar refractivity (Wildman–Crippen MR) is 73.8 cm³/mol. The van der Waals surface area contributed by atoms with E-state index in [2.05, 4.69) is 5.32 Å². The SMILES string of the molecule is CCC(C)C(NC(=O)C(C)c1cccc(F)c1)C(=O)O. The summed E-state index contributed by atoms with van der Waals surface area (Å²) in [6.07, 6.45) is 0.644. The lowest BCUT2D eigenvalue weighted by atomic mass is 9.96.